The van der Waals surface area contributed by atoms with E-state index in [1.54, 1.807) is 19.2 Å². The zero-order valence-electron chi connectivity index (χ0n) is 6.44. The molecule has 0 saturated carbocycles. The van der Waals surface area contributed by atoms with Gasteiger partial charge in [-0.1, -0.05) is 10.3 Å². The van der Waals surface area contributed by atoms with Crippen LogP contribution in [0.15, 0.2) is 21.3 Å². The molecule has 5 heteroatoms. The van der Waals surface area contributed by atoms with Crippen molar-refractivity contribution in [3.8, 4) is 11.3 Å². The van der Waals surface area contributed by atoms with E-state index in [1.165, 1.54) is 0 Å². The third-order valence-electron chi connectivity index (χ3n) is 1.54. The lowest BCUT2D eigenvalue weighted by molar-refractivity contribution is 0.396. The van der Waals surface area contributed by atoms with Crippen molar-refractivity contribution in [2.45, 2.75) is 6.92 Å². The van der Waals surface area contributed by atoms with Gasteiger partial charge in [-0.15, -0.1) is 0 Å². The summed E-state index contributed by atoms with van der Waals surface area (Å²) in [6.45, 7) is 1.79. The number of aryl methyl sites for hydroxylation is 1. The maximum absolute atomic E-state index is 5.38. The molecule has 0 radical (unpaired) electrons. The van der Waals surface area contributed by atoms with Gasteiger partial charge in [-0.2, -0.15) is 0 Å². The molecule has 0 aliphatic rings. The molecule has 2 aromatic heterocycles. The van der Waals surface area contributed by atoms with Crippen LogP contribution < -0.4 is 5.73 Å². The molecule has 2 aromatic rings. The monoisotopic (exact) mass is 165 g/mol. The van der Waals surface area contributed by atoms with E-state index in [9.17, 15) is 0 Å². The molecule has 12 heavy (non-hydrogen) atoms. The minimum Gasteiger partial charge on any atom is -0.381 e. The summed E-state index contributed by atoms with van der Waals surface area (Å²) in [5, 5.41) is 7.15. The topological polar surface area (TPSA) is 78.1 Å². The number of anilines is 1. The highest BCUT2D eigenvalue weighted by molar-refractivity contribution is 5.60. The molecule has 0 bridgehead atoms. The quantitative estimate of drug-likeness (QED) is 0.687. The first-order valence-corrected chi connectivity index (χ1v) is 3.41. The van der Waals surface area contributed by atoms with Gasteiger partial charge in [0.2, 0.25) is 0 Å². The van der Waals surface area contributed by atoms with Crippen molar-refractivity contribution in [2.24, 2.45) is 0 Å². The van der Waals surface area contributed by atoms with E-state index in [2.05, 4.69) is 10.3 Å². The fourth-order valence-electron chi connectivity index (χ4n) is 0.951. The van der Waals surface area contributed by atoms with E-state index in [0.717, 1.165) is 5.56 Å². The third-order valence-corrected chi connectivity index (χ3v) is 1.54. The van der Waals surface area contributed by atoms with Gasteiger partial charge in [0.05, 0.1) is 11.8 Å². The maximum atomic E-state index is 5.38. The first kappa shape index (κ1) is 6.90. The second-order valence-corrected chi connectivity index (χ2v) is 2.41. The van der Waals surface area contributed by atoms with Crippen LogP contribution in [0.1, 0.15) is 5.76 Å². The van der Waals surface area contributed by atoms with Crippen LogP contribution in [0.3, 0.4) is 0 Å². The Hall–Kier alpha value is -1.78. The van der Waals surface area contributed by atoms with Gasteiger partial charge >= 0.3 is 0 Å². The summed E-state index contributed by atoms with van der Waals surface area (Å²) in [5.41, 5.74) is 6.16. The average Bonchev–Trinajstić information content (AvgIpc) is 2.58. The van der Waals surface area contributed by atoms with Crippen LogP contribution in [0, 0.1) is 6.92 Å². The molecule has 2 heterocycles. The van der Waals surface area contributed by atoms with Crippen LogP contribution in [0.25, 0.3) is 11.3 Å². The number of nitrogen functional groups attached to an aromatic ring is 1. The SMILES string of the molecule is Cc1oncc1-c1cc(N)no1. The molecule has 0 fully saturated rings. The summed E-state index contributed by atoms with van der Waals surface area (Å²) >= 11 is 0. The van der Waals surface area contributed by atoms with Crippen LogP contribution in [-0.2, 0) is 0 Å². The molecule has 0 aliphatic carbocycles. The second-order valence-electron chi connectivity index (χ2n) is 2.41. The van der Waals surface area contributed by atoms with Crippen molar-refractivity contribution in [1.82, 2.24) is 10.3 Å². The Labute approximate surface area is 68.1 Å². The molecule has 0 atom stereocenters. The normalized spacial score (nSPS) is 10.4. The molecule has 2 rings (SSSR count). The Balaban J connectivity index is 2.50. The van der Waals surface area contributed by atoms with E-state index >= 15 is 0 Å². The van der Waals surface area contributed by atoms with Gasteiger partial charge in [-0.05, 0) is 6.92 Å². The highest BCUT2D eigenvalue weighted by atomic mass is 16.5. The molecule has 62 valence electrons. The van der Waals surface area contributed by atoms with Gasteiger partial charge in [-0.25, -0.2) is 0 Å². The Morgan fingerprint density at radius 1 is 1.42 bits per heavy atom. The first-order chi connectivity index (χ1) is 5.77. The Morgan fingerprint density at radius 2 is 2.25 bits per heavy atom. The summed E-state index contributed by atoms with van der Waals surface area (Å²) in [6, 6.07) is 1.62. The van der Waals surface area contributed by atoms with E-state index in [1.807, 2.05) is 0 Å². The maximum Gasteiger partial charge on any atom is 0.174 e. The zero-order chi connectivity index (χ0) is 8.55. The van der Waals surface area contributed by atoms with E-state index in [0.29, 0.717) is 17.3 Å². The lowest BCUT2D eigenvalue weighted by Gasteiger charge is -1.85. The minimum atomic E-state index is 0.352. The van der Waals surface area contributed by atoms with Gasteiger partial charge in [0.15, 0.2) is 11.6 Å². The van der Waals surface area contributed by atoms with Gasteiger partial charge < -0.3 is 14.8 Å². The van der Waals surface area contributed by atoms with Crippen molar-refractivity contribution in [3.05, 3.63) is 18.0 Å². The van der Waals surface area contributed by atoms with E-state index < -0.39 is 0 Å². The number of aromatic nitrogens is 2. The number of rotatable bonds is 1. The summed E-state index contributed by atoms with van der Waals surface area (Å²) in [5.74, 6) is 1.61. The lowest BCUT2D eigenvalue weighted by atomic mass is 10.2. The predicted octanol–water partition coefficient (Wildman–Crippen LogP) is 1.22. The molecule has 0 aliphatic heterocycles. The van der Waals surface area contributed by atoms with Crippen LogP contribution >= 0.6 is 0 Å². The summed E-state index contributed by atoms with van der Waals surface area (Å²) in [7, 11) is 0. The Kier molecular flexibility index (Phi) is 1.36. The number of hydrogen-bond acceptors (Lipinski definition) is 5. The van der Waals surface area contributed by atoms with Crippen molar-refractivity contribution in [3.63, 3.8) is 0 Å². The second kappa shape index (κ2) is 2.37. The Bertz CT molecular complexity index is 391. The fourth-order valence-corrected chi connectivity index (χ4v) is 0.951. The lowest BCUT2D eigenvalue weighted by Crippen LogP contribution is -1.79. The molecule has 0 unspecified atom stereocenters. The van der Waals surface area contributed by atoms with Crippen molar-refractivity contribution >= 4 is 5.82 Å². The molecule has 0 aromatic carbocycles. The highest BCUT2D eigenvalue weighted by Crippen LogP contribution is 2.23. The Morgan fingerprint density at radius 3 is 2.75 bits per heavy atom. The van der Waals surface area contributed by atoms with Gasteiger partial charge in [0, 0.05) is 6.07 Å². The molecule has 2 N–H and O–H groups in total. The highest BCUT2D eigenvalue weighted by Gasteiger charge is 2.10. The number of hydrogen-bond donors (Lipinski definition) is 1. The molecular formula is C7H7N3O2. The smallest absolute Gasteiger partial charge is 0.174 e. The van der Waals surface area contributed by atoms with E-state index in [-0.39, 0.29) is 0 Å². The first-order valence-electron chi connectivity index (χ1n) is 3.41. The van der Waals surface area contributed by atoms with Crippen molar-refractivity contribution < 1.29 is 9.05 Å². The molecule has 0 amide bonds. The number of nitrogens with two attached hydrogens (primary N) is 1. The van der Waals surface area contributed by atoms with Gasteiger partial charge in [-0.3, -0.25) is 0 Å². The van der Waals surface area contributed by atoms with E-state index in [4.69, 9.17) is 14.8 Å². The standard InChI is InChI=1S/C7H7N3O2/c1-4-5(3-9-11-4)6-2-7(8)10-12-6/h2-3H,1H3,(H2,8,10). The van der Waals surface area contributed by atoms with Crippen molar-refractivity contribution in [2.75, 3.05) is 5.73 Å². The molecule has 0 saturated heterocycles. The molecule has 5 nitrogen and oxygen atoms in total. The zero-order valence-corrected chi connectivity index (χ0v) is 6.44. The summed E-state index contributed by atoms with van der Waals surface area (Å²) < 4.78 is 9.76. The minimum absolute atomic E-state index is 0.352. The third kappa shape index (κ3) is 0.952. The summed E-state index contributed by atoms with van der Waals surface area (Å²) in [6.07, 6.45) is 1.56. The van der Waals surface area contributed by atoms with Gasteiger partial charge in [0.1, 0.15) is 5.76 Å². The van der Waals surface area contributed by atoms with Crippen LogP contribution in [0.4, 0.5) is 5.82 Å². The average molecular weight is 165 g/mol. The molecule has 0 spiro atoms. The predicted molar refractivity (Wildman–Crippen MR) is 41.1 cm³/mol. The largest absolute Gasteiger partial charge is 0.381 e. The van der Waals surface area contributed by atoms with Crippen LogP contribution in [0.5, 0.6) is 0 Å². The fraction of sp³-hybridized carbons (Fsp3) is 0.143. The number of nitrogens with zero attached hydrogens (tertiary/aromatic N) is 2. The van der Waals surface area contributed by atoms with Crippen LogP contribution in [0.2, 0.25) is 0 Å². The summed E-state index contributed by atoms with van der Waals surface area (Å²) in [4.78, 5) is 0. The van der Waals surface area contributed by atoms with Crippen LogP contribution in [-0.4, -0.2) is 10.3 Å². The van der Waals surface area contributed by atoms with Gasteiger partial charge in [0.25, 0.3) is 0 Å². The van der Waals surface area contributed by atoms with Crippen molar-refractivity contribution in [1.29, 1.82) is 0 Å². The molecular weight excluding hydrogens is 158 g/mol.